The summed E-state index contributed by atoms with van der Waals surface area (Å²) in [6.45, 7) is 0.274. The number of benzene rings is 3. The third-order valence-corrected chi connectivity index (χ3v) is 7.35. The van der Waals surface area contributed by atoms with Crippen LogP contribution in [-0.4, -0.2) is 37.1 Å². The SMILES string of the molecule is C[C@@](O)(C(=O)Nc1ccc(S(=O)(=O)c2ccc(NC(=O)c3ccc(Cl)cc3)cc2)cc1Cl)C(F)(F)F. The third-order valence-electron chi connectivity index (χ3n) is 5.02. The number of hydrogen-bond acceptors (Lipinski definition) is 5. The molecular weight excluding hydrogens is 544 g/mol. The van der Waals surface area contributed by atoms with Gasteiger partial charge in [-0.3, -0.25) is 9.59 Å². The van der Waals surface area contributed by atoms with Crippen molar-refractivity contribution in [2.75, 3.05) is 10.6 Å². The Balaban J connectivity index is 1.77. The predicted octanol–water partition coefficient (Wildman–Crippen LogP) is 5.33. The average Bonchev–Trinajstić information content (AvgIpc) is 2.80. The second kappa shape index (κ2) is 10.1. The zero-order valence-electron chi connectivity index (χ0n) is 18.2. The van der Waals surface area contributed by atoms with E-state index < -0.39 is 33.4 Å². The Kier molecular flexibility index (Phi) is 7.70. The molecule has 3 rings (SSSR count). The molecular formula is C23H17Cl2F3N2O5S. The van der Waals surface area contributed by atoms with Crippen LogP contribution < -0.4 is 10.6 Å². The second-order valence-corrected chi connectivity index (χ2v) is 10.4. The van der Waals surface area contributed by atoms with E-state index in [1.54, 1.807) is 12.1 Å². The molecule has 3 aromatic rings. The molecule has 0 aliphatic carbocycles. The van der Waals surface area contributed by atoms with Gasteiger partial charge in [0.05, 0.1) is 20.5 Å². The lowest BCUT2D eigenvalue weighted by Crippen LogP contribution is -2.52. The lowest BCUT2D eigenvalue weighted by atomic mass is 10.1. The number of amides is 2. The summed E-state index contributed by atoms with van der Waals surface area (Å²) in [4.78, 5) is 23.7. The standard InChI is InChI=1S/C23H17Cl2F3N2O5S/c1-22(33,23(26,27)28)21(32)30-19-11-10-17(12-18(19)25)36(34,35)16-8-6-15(7-9-16)29-20(31)13-2-4-14(24)5-3-13/h2-12,33H,1H3,(H,29,31)(H,30,32)/t22-/m1/s1. The summed E-state index contributed by atoms with van der Waals surface area (Å²) in [6, 6.07) is 14.4. The maximum Gasteiger partial charge on any atom is 0.426 e. The number of nitrogens with one attached hydrogen (secondary N) is 2. The fourth-order valence-electron chi connectivity index (χ4n) is 2.80. The molecule has 0 radical (unpaired) electrons. The number of aliphatic hydroxyl groups is 1. The number of hydrogen-bond donors (Lipinski definition) is 3. The minimum Gasteiger partial charge on any atom is -0.373 e. The molecule has 2 amide bonds. The summed E-state index contributed by atoms with van der Waals surface area (Å²) >= 11 is 11.8. The molecule has 0 unspecified atom stereocenters. The number of carbonyl (C=O) groups excluding carboxylic acids is 2. The Bertz CT molecular complexity index is 1410. The van der Waals surface area contributed by atoms with Crippen LogP contribution >= 0.6 is 23.2 Å². The Morgan fingerprint density at radius 1 is 0.861 bits per heavy atom. The molecule has 190 valence electrons. The van der Waals surface area contributed by atoms with Crippen molar-refractivity contribution >= 4 is 56.2 Å². The number of sulfone groups is 1. The highest BCUT2D eigenvalue weighted by Gasteiger charge is 2.55. The number of alkyl halides is 3. The quantitative estimate of drug-likeness (QED) is 0.377. The summed E-state index contributed by atoms with van der Waals surface area (Å²) in [7, 11) is -4.11. The molecule has 0 heterocycles. The first-order chi connectivity index (χ1) is 16.6. The van der Waals surface area contributed by atoms with Crippen molar-refractivity contribution in [3.63, 3.8) is 0 Å². The fraction of sp³-hybridized carbons (Fsp3) is 0.130. The molecule has 0 aliphatic rings. The van der Waals surface area contributed by atoms with Crippen LogP contribution in [0.4, 0.5) is 24.5 Å². The summed E-state index contributed by atoms with van der Waals surface area (Å²) in [5.41, 5.74) is -3.35. The van der Waals surface area contributed by atoms with Crippen LogP contribution in [-0.2, 0) is 14.6 Å². The number of carbonyl (C=O) groups is 2. The Labute approximate surface area is 213 Å². The van der Waals surface area contributed by atoms with Crippen molar-refractivity contribution in [2.24, 2.45) is 0 Å². The first kappa shape index (κ1) is 27.5. The van der Waals surface area contributed by atoms with Crippen LogP contribution in [0.5, 0.6) is 0 Å². The van der Waals surface area contributed by atoms with E-state index in [1.807, 2.05) is 5.32 Å². The number of anilines is 2. The van der Waals surface area contributed by atoms with Crippen molar-refractivity contribution in [3.8, 4) is 0 Å². The van der Waals surface area contributed by atoms with Gasteiger partial charge in [-0.15, -0.1) is 0 Å². The van der Waals surface area contributed by atoms with Crippen molar-refractivity contribution < 1.29 is 36.3 Å². The lowest BCUT2D eigenvalue weighted by Gasteiger charge is -2.25. The molecule has 13 heteroatoms. The van der Waals surface area contributed by atoms with Gasteiger partial charge in [0.15, 0.2) is 0 Å². The first-order valence-corrected chi connectivity index (χ1v) is 12.2. The van der Waals surface area contributed by atoms with Gasteiger partial charge in [-0.05, 0) is 73.7 Å². The van der Waals surface area contributed by atoms with E-state index in [2.05, 4.69) is 5.32 Å². The molecule has 0 aromatic heterocycles. The molecule has 3 aromatic carbocycles. The summed E-state index contributed by atoms with van der Waals surface area (Å²) in [5.74, 6) is -2.22. The lowest BCUT2D eigenvalue weighted by molar-refractivity contribution is -0.242. The van der Waals surface area contributed by atoms with Crippen molar-refractivity contribution in [3.05, 3.63) is 82.3 Å². The minimum absolute atomic E-state index is 0.153. The molecule has 0 aliphatic heterocycles. The maximum absolute atomic E-state index is 13.0. The third kappa shape index (κ3) is 5.81. The van der Waals surface area contributed by atoms with E-state index in [-0.39, 0.29) is 27.4 Å². The fourth-order valence-corrected chi connectivity index (χ4v) is 4.50. The van der Waals surface area contributed by atoms with Crippen molar-refractivity contribution in [1.29, 1.82) is 0 Å². The topological polar surface area (TPSA) is 113 Å². The Hall–Kier alpha value is -3.12. The molecule has 0 fully saturated rings. The second-order valence-electron chi connectivity index (χ2n) is 7.65. The molecule has 0 saturated carbocycles. The normalized spacial score (nSPS) is 13.5. The van der Waals surface area contributed by atoms with Crippen molar-refractivity contribution in [2.45, 2.75) is 28.5 Å². The van der Waals surface area contributed by atoms with Crippen molar-refractivity contribution in [1.82, 2.24) is 0 Å². The smallest absolute Gasteiger partial charge is 0.373 e. The summed E-state index contributed by atoms with van der Waals surface area (Å²) in [5, 5.41) is 14.0. The molecule has 1 atom stereocenters. The van der Waals surface area contributed by atoms with Crippen LogP contribution in [0.3, 0.4) is 0 Å². The van der Waals surface area contributed by atoms with E-state index in [0.717, 1.165) is 18.2 Å². The van der Waals surface area contributed by atoms with Gasteiger partial charge >= 0.3 is 6.18 Å². The van der Waals surface area contributed by atoms with Gasteiger partial charge < -0.3 is 15.7 Å². The van der Waals surface area contributed by atoms with Gasteiger partial charge in [-0.2, -0.15) is 13.2 Å². The number of rotatable bonds is 6. The molecule has 36 heavy (non-hydrogen) atoms. The largest absolute Gasteiger partial charge is 0.426 e. The predicted molar refractivity (Wildman–Crippen MR) is 128 cm³/mol. The molecule has 0 bridgehead atoms. The monoisotopic (exact) mass is 560 g/mol. The Morgan fingerprint density at radius 2 is 1.42 bits per heavy atom. The minimum atomic E-state index is -5.24. The number of halogens is 5. The van der Waals surface area contributed by atoms with E-state index in [1.165, 1.54) is 36.4 Å². The zero-order chi connectivity index (χ0) is 26.9. The molecule has 7 nitrogen and oxygen atoms in total. The highest BCUT2D eigenvalue weighted by Crippen LogP contribution is 2.33. The summed E-state index contributed by atoms with van der Waals surface area (Å²) in [6.07, 6.45) is -5.24. The first-order valence-electron chi connectivity index (χ1n) is 9.95. The van der Waals surface area contributed by atoms with Gasteiger partial charge in [0.25, 0.3) is 11.8 Å². The van der Waals surface area contributed by atoms with E-state index in [9.17, 15) is 36.3 Å². The van der Waals surface area contributed by atoms with Crippen LogP contribution in [0.25, 0.3) is 0 Å². The van der Waals surface area contributed by atoms with Gasteiger partial charge in [-0.1, -0.05) is 23.2 Å². The molecule has 3 N–H and O–H groups in total. The van der Waals surface area contributed by atoms with Gasteiger partial charge in [0.1, 0.15) is 0 Å². The van der Waals surface area contributed by atoms with Crippen LogP contribution in [0, 0.1) is 0 Å². The van der Waals surface area contributed by atoms with Gasteiger partial charge in [-0.25, -0.2) is 8.42 Å². The highest BCUT2D eigenvalue weighted by atomic mass is 35.5. The van der Waals surface area contributed by atoms with Crippen LogP contribution in [0.1, 0.15) is 17.3 Å². The Morgan fingerprint density at radius 3 is 1.94 bits per heavy atom. The highest BCUT2D eigenvalue weighted by molar-refractivity contribution is 7.91. The molecule has 0 saturated heterocycles. The van der Waals surface area contributed by atoms with E-state index in [0.29, 0.717) is 16.3 Å². The van der Waals surface area contributed by atoms with Gasteiger partial charge in [0, 0.05) is 16.3 Å². The zero-order valence-corrected chi connectivity index (χ0v) is 20.6. The summed E-state index contributed by atoms with van der Waals surface area (Å²) < 4.78 is 64.5. The van der Waals surface area contributed by atoms with Crippen LogP contribution in [0.2, 0.25) is 10.0 Å². The average molecular weight is 561 g/mol. The van der Waals surface area contributed by atoms with E-state index in [4.69, 9.17) is 23.2 Å². The van der Waals surface area contributed by atoms with Crippen LogP contribution in [0.15, 0.2) is 76.5 Å². The van der Waals surface area contributed by atoms with Gasteiger partial charge in [0.2, 0.25) is 15.4 Å². The maximum atomic E-state index is 13.0. The van der Waals surface area contributed by atoms with E-state index >= 15 is 0 Å². The molecule has 0 spiro atoms.